The Bertz CT molecular complexity index is 816. The molecule has 0 N–H and O–H groups in total. The standard InChI is InChI=1S/C20H24N2O4/c1-6-25-20(23)10-8-16-7-9-18(19(11-16)24-5)26-12-17-15(4)21-13(2)14(3)22-17/h7-11H,6,12H2,1-5H3/b10-8-. The van der Waals surface area contributed by atoms with Crippen molar-refractivity contribution in [3.8, 4) is 11.5 Å². The molecule has 2 aromatic rings. The Morgan fingerprint density at radius 2 is 1.81 bits per heavy atom. The van der Waals surface area contributed by atoms with Crippen molar-refractivity contribution in [3.05, 3.63) is 52.6 Å². The number of carbonyl (C=O) groups excluding carboxylic acids is 1. The molecule has 0 saturated carbocycles. The number of ether oxygens (including phenoxy) is 3. The first kappa shape index (κ1) is 19.4. The molecule has 1 heterocycles. The number of esters is 1. The van der Waals surface area contributed by atoms with Crippen LogP contribution < -0.4 is 9.47 Å². The molecule has 0 spiro atoms. The number of methoxy groups -OCH3 is 1. The summed E-state index contributed by atoms with van der Waals surface area (Å²) in [4.78, 5) is 20.4. The number of aromatic nitrogens is 2. The summed E-state index contributed by atoms with van der Waals surface area (Å²) < 4.78 is 16.1. The summed E-state index contributed by atoms with van der Waals surface area (Å²) in [5.74, 6) is 0.793. The van der Waals surface area contributed by atoms with E-state index in [0.717, 1.165) is 28.3 Å². The lowest BCUT2D eigenvalue weighted by molar-refractivity contribution is -0.137. The van der Waals surface area contributed by atoms with Gasteiger partial charge < -0.3 is 14.2 Å². The van der Waals surface area contributed by atoms with Gasteiger partial charge in [0, 0.05) is 6.08 Å². The van der Waals surface area contributed by atoms with Gasteiger partial charge >= 0.3 is 5.97 Å². The lowest BCUT2D eigenvalue weighted by atomic mass is 10.2. The number of rotatable bonds is 7. The molecule has 0 amide bonds. The molecule has 138 valence electrons. The van der Waals surface area contributed by atoms with E-state index >= 15 is 0 Å². The van der Waals surface area contributed by atoms with E-state index in [0.29, 0.717) is 24.7 Å². The van der Waals surface area contributed by atoms with Crippen molar-refractivity contribution in [3.63, 3.8) is 0 Å². The fourth-order valence-corrected chi connectivity index (χ4v) is 2.31. The van der Waals surface area contributed by atoms with E-state index in [9.17, 15) is 4.79 Å². The minimum Gasteiger partial charge on any atom is -0.493 e. The minimum absolute atomic E-state index is 0.300. The molecule has 0 aliphatic rings. The third-order valence-corrected chi connectivity index (χ3v) is 3.83. The summed E-state index contributed by atoms with van der Waals surface area (Å²) in [6, 6.07) is 5.43. The van der Waals surface area contributed by atoms with Gasteiger partial charge in [-0.3, -0.25) is 9.97 Å². The highest BCUT2D eigenvalue weighted by atomic mass is 16.5. The molecule has 6 nitrogen and oxygen atoms in total. The SMILES string of the molecule is CCOC(=O)/C=C\c1ccc(OCc2nc(C)c(C)nc2C)c(OC)c1. The molecule has 0 aliphatic heterocycles. The lowest BCUT2D eigenvalue weighted by Gasteiger charge is -2.13. The number of aryl methyl sites for hydroxylation is 3. The van der Waals surface area contributed by atoms with Crippen molar-refractivity contribution >= 4 is 12.0 Å². The number of nitrogens with zero attached hydrogens (tertiary/aromatic N) is 2. The predicted octanol–water partition coefficient (Wildman–Crippen LogP) is 3.57. The molecule has 0 saturated heterocycles. The van der Waals surface area contributed by atoms with Gasteiger partial charge in [0.05, 0.1) is 36.5 Å². The second-order valence-electron chi connectivity index (χ2n) is 5.71. The summed E-state index contributed by atoms with van der Waals surface area (Å²) in [5, 5.41) is 0. The fourth-order valence-electron chi connectivity index (χ4n) is 2.31. The van der Waals surface area contributed by atoms with E-state index in [-0.39, 0.29) is 5.97 Å². The molecule has 0 bridgehead atoms. The molecule has 26 heavy (non-hydrogen) atoms. The molecule has 1 aromatic carbocycles. The van der Waals surface area contributed by atoms with Gasteiger partial charge in [-0.1, -0.05) is 6.07 Å². The number of hydrogen-bond donors (Lipinski definition) is 0. The third kappa shape index (κ3) is 5.05. The van der Waals surface area contributed by atoms with Crippen molar-refractivity contribution in [1.82, 2.24) is 9.97 Å². The van der Waals surface area contributed by atoms with Gasteiger partial charge in [0.2, 0.25) is 0 Å². The van der Waals surface area contributed by atoms with E-state index in [1.54, 1.807) is 32.2 Å². The first-order chi connectivity index (χ1) is 12.4. The third-order valence-electron chi connectivity index (χ3n) is 3.83. The zero-order valence-electron chi connectivity index (χ0n) is 15.8. The van der Waals surface area contributed by atoms with Crippen molar-refractivity contribution in [2.45, 2.75) is 34.3 Å². The Labute approximate surface area is 153 Å². The molecule has 0 atom stereocenters. The minimum atomic E-state index is -0.379. The smallest absolute Gasteiger partial charge is 0.330 e. The maximum Gasteiger partial charge on any atom is 0.330 e. The van der Waals surface area contributed by atoms with E-state index in [1.807, 2.05) is 26.8 Å². The first-order valence-electron chi connectivity index (χ1n) is 8.41. The van der Waals surface area contributed by atoms with E-state index in [4.69, 9.17) is 14.2 Å². The van der Waals surface area contributed by atoms with E-state index in [2.05, 4.69) is 9.97 Å². The Morgan fingerprint density at radius 3 is 2.50 bits per heavy atom. The highest BCUT2D eigenvalue weighted by Crippen LogP contribution is 2.29. The van der Waals surface area contributed by atoms with Crippen LogP contribution in [0, 0.1) is 20.8 Å². The molecule has 0 aliphatic carbocycles. The average Bonchev–Trinajstić information content (AvgIpc) is 2.62. The van der Waals surface area contributed by atoms with Gasteiger partial charge in [0.25, 0.3) is 0 Å². The van der Waals surface area contributed by atoms with Crippen molar-refractivity contribution in [2.75, 3.05) is 13.7 Å². The zero-order valence-corrected chi connectivity index (χ0v) is 15.8. The molecular formula is C20H24N2O4. The van der Waals surface area contributed by atoms with Gasteiger partial charge in [0.15, 0.2) is 11.5 Å². The molecule has 6 heteroatoms. The van der Waals surface area contributed by atoms with Crippen LogP contribution in [0.5, 0.6) is 11.5 Å². The predicted molar refractivity (Wildman–Crippen MR) is 99.2 cm³/mol. The first-order valence-corrected chi connectivity index (χ1v) is 8.41. The number of carbonyl (C=O) groups is 1. The topological polar surface area (TPSA) is 70.5 Å². The Hall–Kier alpha value is -2.89. The molecule has 1 aromatic heterocycles. The van der Waals surface area contributed by atoms with Crippen molar-refractivity contribution in [1.29, 1.82) is 0 Å². The highest BCUT2D eigenvalue weighted by molar-refractivity contribution is 5.87. The van der Waals surface area contributed by atoms with Crippen molar-refractivity contribution < 1.29 is 19.0 Å². The fraction of sp³-hybridized carbons (Fsp3) is 0.350. The van der Waals surface area contributed by atoms with Crippen LogP contribution in [0.3, 0.4) is 0 Å². The van der Waals surface area contributed by atoms with Crippen LogP contribution in [-0.2, 0) is 16.1 Å². The van der Waals surface area contributed by atoms with Crippen LogP contribution in [-0.4, -0.2) is 29.7 Å². The summed E-state index contributed by atoms with van der Waals surface area (Å²) in [5.41, 5.74) is 4.26. The monoisotopic (exact) mass is 356 g/mol. The lowest BCUT2D eigenvalue weighted by Crippen LogP contribution is -2.06. The largest absolute Gasteiger partial charge is 0.493 e. The van der Waals surface area contributed by atoms with Crippen LogP contribution in [0.1, 0.15) is 35.3 Å². The van der Waals surface area contributed by atoms with E-state index < -0.39 is 0 Å². The quantitative estimate of drug-likeness (QED) is 0.558. The normalized spacial score (nSPS) is 10.8. The van der Waals surface area contributed by atoms with Crippen LogP contribution >= 0.6 is 0 Å². The maximum atomic E-state index is 11.4. The zero-order chi connectivity index (χ0) is 19.1. The molecule has 0 unspecified atom stereocenters. The number of benzene rings is 1. The molecule has 0 fully saturated rings. The van der Waals surface area contributed by atoms with Crippen LogP contribution in [0.15, 0.2) is 24.3 Å². The van der Waals surface area contributed by atoms with Gasteiger partial charge in [0.1, 0.15) is 6.61 Å². The molecule has 2 rings (SSSR count). The maximum absolute atomic E-state index is 11.4. The number of hydrogen-bond acceptors (Lipinski definition) is 6. The Morgan fingerprint density at radius 1 is 1.08 bits per heavy atom. The highest BCUT2D eigenvalue weighted by Gasteiger charge is 2.09. The Kier molecular flexibility index (Phi) is 6.72. The van der Waals surface area contributed by atoms with Crippen LogP contribution in [0.2, 0.25) is 0 Å². The summed E-state index contributed by atoms with van der Waals surface area (Å²) >= 11 is 0. The van der Waals surface area contributed by atoms with Crippen molar-refractivity contribution in [2.24, 2.45) is 0 Å². The summed E-state index contributed by atoms with van der Waals surface area (Å²) in [7, 11) is 1.57. The van der Waals surface area contributed by atoms with E-state index in [1.165, 1.54) is 6.08 Å². The molecular weight excluding hydrogens is 332 g/mol. The van der Waals surface area contributed by atoms with Crippen LogP contribution in [0.25, 0.3) is 6.08 Å². The summed E-state index contributed by atoms with van der Waals surface area (Å²) in [6.07, 6.45) is 3.05. The Balaban J connectivity index is 2.13. The second kappa shape index (κ2) is 8.99. The van der Waals surface area contributed by atoms with Gasteiger partial charge in [-0.25, -0.2) is 4.79 Å². The second-order valence-corrected chi connectivity index (χ2v) is 5.71. The van der Waals surface area contributed by atoms with Crippen LogP contribution in [0.4, 0.5) is 0 Å². The summed E-state index contributed by atoms with van der Waals surface area (Å²) in [6.45, 7) is 8.19. The van der Waals surface area contributed by atoms with Gasteiger partial charge in [-0.15, -0.1) is 0 Å². The molecule has 0 radical (unpaired) electrons. The van der Waals surface area contributed by atoms with Gasteiger partial charge in [-0.2, -0.15) is 0 Å². The van der Waals surface area contributed by atoms with Gasteiger partial charge in [-0.05, 0) is 51.5 Å². The average molecular weight is 356 g/mol.